The second-order valence-electron chi connectivity index (χ2n) is 2.59. The summed E-state index contributed by atoms with van der Waals surface area (Å²) in [5.74, 6) is -0.309. The van der Waals surface area contributed by atoms with Gasteiger partial charge in [-0.2, -0.15) is 0 Å². The summed E-state index contributed by atoms with van der Waals surface area (Å²) in [5.41, 5.74) is 0.642. The quantitative estimate of drug-likeness (QED) is 0.713. The fraction of sp³-hybridized carbons (Fsp3) is 0.100. The van der Waals surface area contributed by atoms with E-state index < -0.39 is 0 Å². The molecule has 0 aliphatic carbocycles. The van der Waals surface area contributed by atoms with Gasteiger partial charge in [-0.15, -0.1) is 0 Å². The Labute approximate surface area is 87.0 Å². The molecule has 1 aromatic rings. The number of allylic oxidation sites excluding steroid dienone is 1. The lowest BCUT2D eigenvalue weighted by molar-refractivity contribution is 0.627. The summed E-state index contributed by atoms with van der Waals surface area (Å²) < 4.78 is 12.7. The highest BCUT2D eigenvalue weighted by molar-refractivity contribution is 6.31. The number of rotatable bonds is 3. The largest absolute Gasteiger partial charge is 0.207 e. The third kappa shape index (κ3) is 3.37. The molecule has 0 N–H and O–H groups in total. The molecule has 0 spiro atoms. The van der Waals surface area contributed by atoms with Crippen LogP contribution in [0.3, 0.4) is 0 Å². The topological polar surface area (TPSA) is 0 Å². The number of hydrogen-bond acceptors (Lipinski definition) is 0. The van der Waals surface area contributed by atoms with Crippen LogP contribution in [-0.2, 0) is 0 Å². The molecular formula is C10H8Cl2F. The van der Waals surface area contributed by atoms with E-state index >= 15 is 0 Å². The van der Waals surface area contributed by atoms with Gasteiger partial charge < -0.3 is 0 Å². The fourth-order valence-corrected chi connectivity index (χ4v) is 1.16. The second-order valence-corrected chi connectivity index (χ2v) is 3.53. The minimum Gasteiger partial charge on any atom is -0.207 e. The van der Waals surface area contributed by atoms with Gasteiger partial charge in [0, 0.05) is 10.1 Å². The van der Waals surface area contributed by atoms with Crippen LogP contribution in [0.25, 0.3) is 0 Å². The Kier molecular flexibility index (Phi) is 3.76. The molecule has 0 bridgehead atoms. The SMILES string of the molecule is C=C(Cl)C[CH]c1cc(F)ccc1Cl. The molecule has 0 heterocycles. The third-order valence-corrected chi connectivity index (χ3v) is 2.00. The van der Waals surface area contributed by atoms with Crippen molar-refractivity contribution >= 4 is 23.2 Å². The van der Waals surface area contributed by atoms with Crippen molar-refractivity contribution in [1.82, 2.24) is 0 Å². The minimum absolute atomic E-state index is 0.309. The van der Waals surface area contributed by atoms with E-state index in [0.717, 1.165) is 0 Å². The van der Waals surface area contributed by atoms with E-state index in [9.17, 15) is 4.39 Å². The number of hydrogen-bond donors (Lipinski definition) is 0. The highest BCUT2D eigenvalue weighted by atomic mass is 35.5. The molecule has 1 radical (unpaired) electrons. The maximum absolute atomic E-state index is 12.7. The Morgan fingerprint density at radius 2 is 2.23 bits per heavy atom. The van der Waals surface area contributed by atoms with E-state index in [1.54, 1.807) is 6.42 Å². The average molecular weight is 218 g/mol. The van der Waals surface area contributed by atoms with Crippen LogP contribution in [-0.4, -0.2) is 0 Å². The second kappa shape index (κ2) is 4.64. The van der Waals surface area contributed by atoms with Crippen molar-refractivity contribution in [3.05, 3.63) is 52.6 Å². The Morgan fingerprint density at radius 1 is 1.54 bits per heavy atom. The van der Waals surface area contributed by atoms with Crippen LogP contribution < -0.4 is 0 Å². The third-order valence-electron chi connectivity index (χ3n) is 1.50. The van der Waals surface area contributed by atoms with Gasteiger partial charge in [0.2, 0.25) is 0 Å². The zero-order chi connectivity index (χ0) is 9.84. The molecule has 0 saturated heterocycles. The van der Waals surface area contributed by atoms with Gasteiger partial charge in [-0.1, -0.05) is 29.8 Å². The van der Waals surface area contributed by atoms with E-state index in [1.165, 1.54) is 18.2 Å². The van der Waals surface area contributed by atoms with Crippen molar-refractivity contribution in [3.8, 4) is 0 Å². The van der Waals surface area contributed by atoms with E-state index in [4.69, 9.17) is 23.2 Å². The highest BCUT2D eigenvalue weighted by Gasteiger charge is 2.02. The van der Waals surface area contributed by atoms with Gasteiger partial charge in [-0.25, -0.2) is 4.39 Å². The van der Waals surface area contributed by atoms with Gasteiger partial charge in [0.25, 0.3) is 0 Å². The Hall–Kier alpha value is -0.530. The summed E-state index contributed by atoms with van der Waals surface area (Å²) in [4.78, 5) is 0. The van der Waals surface area contributed by atoms with Crippen molar-refractivity contribution in [2.24, 2.45) is 0 Å². The first kappa shape index (κ1) is 10.6. The summed E-state index contributed by atoms with van der Waals surface area (Å²) in [5, 5.41) is 1.01. The molecule has 0 atom stereocenters. The summed E-state index contributed by atoms with van der Waals surface area (Å²) in [6, 6.07) is 4.19. The fourth-order valence-electron chi connectivity index (χ4n) is 0.892. The summed E-state index contributed by atoms with van der Waals surface area (Å²) in [6.45, 7) is 3.52. The molecule has 0 fully saturated rings. The van der Waals surface area contributed by atoms with Crippen molar-refractivity contribution in [1.29, 1.82) is 0 Å². The molecule has 1 rings (SSSR count). The standard InChI is InChI=1S/C10H8Cl2F/c1-7(11)2-3-8-6-9(13)4-5-10(8)12/h3-6H,1-2H2. The summed E-state index contributed by atoms with van der Waals surface area (Å²) in [6.07, 6.45) is 2.23. The van der Waals surface area contributed by atoms with Gasteiger partial charge in [-0.3, -0.25) is 0 Å². The van der Waals surface area contributed by atoms with E-state index in [-0.39, 0.29) is 5.82 Å². The highest BCUT2D eigenvalue weighted by Crippen LogP contribution is 2.21. The first-order chi connectivity index (χ1) is 6.09. The van der Waals surface area contributed by atoms with Crippen LogP contribution >= 0.6 is 23.2 Å². The Morgan fingerprint density at radius 3 is 2.85 bits per heavy atom. The van der Waals surface area contributed by atoms with Crippen LogP contribution in [0.15, 0.2) is 29.8 Å². The van der Waals surface area contributed by atoms with Crippen molar-refractivity contribution in [2.75, 3.05) is 0 Å². The maximum atomic E-state index is 12.7. The lowest BCUT2D eigenvalue weighted by Gasteiger charge is -2.02. The zero-order valence-electron chi connectivity index (χ0n) is 6.86. The zero-order valence-corrected chi connectivity index (χ0v) is 8.37. The summed E-state index contributed by atoms with van der Waals surface area (Å²) >= 11 is 11.4. The molecule has 0 aliphatic heterocycles. The molecule has 0 amide bonds. The Bertz CT molecular complexity index is 321. The van der Waals surface area contributed by atoms with Crippen LogP contribution in [0.1, 0.15) is 12.0 Å². The monoisotopic (exact) mass is 217 g/mol. The van der Waals surface area contributed by atoms with Crippen LogP contribution in [0.4, 0.5) is 4.39 Å². The lowest BCUT2D eigenvalue weighted by Crippen LogP contribution is -1.85. The minimum atomic E-state index is -0.309. The van der Waals surface area contributed by atoms with Crippen LogP contribution in [0.5, 0.6) is 0 Å². The van der Waals surface area contributed by atoms with Gasteiger partial charge in [-0.05, 0) is 36.6 Å². The van der Waals surface area contributed by atoms with Crippen LogP contribution in [0.2, 0.25) is 5.02 Å². The van der Waals surface area contributed by atoms with Gasteiger partial charge >= 0.3 is 0 Å². The van der Waals surface area contributed by atoms with Gasteiger partial charge in [0.15, 0.2) is 0 Å². The number of halogens is 3. The van der Waals surface area contributed by atoms with Gasteiger partial charge in [0.1, 0.15) is 5.82 Å². The normalized spacial score (nSPS) is 10.1. The number of benzene rings is 1. The molecule has 0 nitrogen and oxygen atoms in total. The molecule has 3 heteroatoms. The first-order valence-corrected chi connectivity index (χ1v) is 4.46. The molecule has 1 aromatic carbocycles. The maximum Gasteiger partial charge on any atom is 0.123 e. The predicted octanol–water partition coefficient (Wildman–Crippen LogP) is 4.17. The lowest BCUT2D eigenvalue weighted by atomic mass is 10.1. The smallest absolute Gasteiger partial charge is 0.123 e. The molecular weight excluding hydrogens is 210 g/mol. The van der Waals surface area contributed by atoms with Crippen molar-refractivity contribution < 1.29 is 4.39 Å². The molecule has 0 aliphatic rings. The van der Waals surface area contributed by atoms with E-state index in [2.05, 4.69) is 6.58 Å². The Balaban J connectivity index is 2.75. The molecule has 0 aromatic heterocycles. The van der Waals surface area contributed by atoms with Crippen molar-refractivity contribution in [3.63, 3.8) is 0 Å². The van der Waals surface area contributed by atoms with Gasteiger partial charge in [0.05, 0.1) is 0 Å². The average Bonchev–Trinajstić information content (AvgIpc) is 2.06. The molecule has 0 saturated carbocycles. The predicted molar refractivity (Wildman–Crippen MR) is 54.4 cm³/mol. The first-order valence-electron chi connectivity index (χ1n) is 3.71. The van der Waals surface area contributed by atoms with Crippen molar-refractivity contribution in [2.45, 2.75) is 6.42 Å². The van der Waals surface area contributed by atoms with E-state index in [0.29, 0.717) is 22.0 Å². The summed E-state index contributed by atoms with van der Waals surface area (Å²) in [7, 11) is 0. The van der Waals surface area contributed by atoms with E-state index in [1.807, 2.05) is 0 Å². The van der Waals surface area contributed by atoms with Crippen LogP contribution in [0, 0.1) is 12.2 Å². The molecule has 69 valence electrons. The molecule has 0 unspecified atom stereocenters. The molecule has 13 heavy (non-hydrogen) atoms.